The van der Waals surface area contributed by atoms with E-state index in [-0.39, 0.29) is 5.25 Å². The highest BCUT2D eigenvalue weighted by molar-refractivity contribution is 7.99. The molecule has 0 saturated carbocycles. The summed E-state index contributed by atoms with van der Waals surface area (Å²) < 4.78 is 0. The van der Waals surface area contributed by atoms with Crippen LogP contribution in [0.4, 0.5) is 5.95 Å². The Morgan fingerprint density at radius 3 is 2.43 bits per heavy atom. The number of thioether (sulfide) groups is 1. The third-order valence-corrected chi connectivity index (χ3v) is 4.43. The minimum atomic E-state index is 0.141. The van der Waals surface area contributed by atoms with Gasteiger partial charge in [-0.2, -0.15) is 4.98 Å². The second-order valence-electron chi connectivity index (χ2n) is 4.77. The molecule has 21 heavy (non-hydrogen) atoms. The second-order valence-corrected chi connectivity index (χ2v) is 5.84. The van der Waals surface area contributed by atoms with Gasteiger partial charge in [-0.15, -0.1) is 5.10 Å². The van der Waals surface area contributed by atoms with Crippen LogP contribution in [0.25, 0.3) is 0 Å². The van der Waals surface area contributed by atoms with E-state index in [1.165, 1.54) is 16.7 Å². The Labute approximate surface area is 127 Å². The number of aromatic amines is 1. The first-order chi connectivity index (χ1) is 10.2. The molecule has 1 aromatic heterocycles. The standard InChI is InChI=1S/C16H16N4S/c1-11-7-5-6-10-13(11)14(12-8-3-2-4-9-12)21-16-18-15(17)19-20-16/h2-10,14H,1H3,(H3,17,18,19,20). The van der Waals surface area contributed by atoms with E-state index in [4.69, 9.17) is 5.73 Å². The Morgan fingerprint density at radius 1 is 1.05 bits per heavy atom. The summed E-state index contributed by atoms with van der Waals surface area (Å²) in [7, 11) is 0. The quantitative estimate of drug-likeness (QED) is 0.722. The second kappa shape index (κ2) is 6.01. The van der Waals surface area contributed by atoms with Crippen LogP contribution < -0.4 is 5.73 Å². The van der Waals surface area contributed by atoms with E-state index in [9.17, 15) is 0 Å². The van der Waals surface area contributed by atoms with E-state index in [1.54, 1.807) is 11.8 Å². The lowest BCUT2D eigenvalue weighted by Gasteiger charge is -2.18. The molecule has 106 valence electrons. The zero-order valence-electron chi connectivity index (χ0n) is 11.7. The van der Waals surface area contributed by atoms with E-state index in [0.717, 1.165) is 0 Å². The van der Waals surface area contributed by atoms with Crippen LogP contribution in [0.15, 0.2) is 59.8 Å². The molecule has 1 unspecified atom stereocenters. The van der Waals surface area contributed by atoms with Gasteiger partial charge in [-0.3, -0.25) is 0 Å². The Kier molecular flexibility index (Phi) is 3.92. The molecule has 0 aliphatic carbocycles. The van der Waals surface area contributed by atoms with Crippen LogP contribution in [-0.4, -0.2) is 15.2 Å². The van der Waals surface area contributed by atoms with Crippen LogP contribution in [0.5, 0.6) is 0 Å². The largest absolute Gasteiger partial charge is 0.368 e. The van der Waals surface area contributed by atoms with Crippen molar-refractivity contribution in [3.63, 3.8) is 0 Å². The molecule has 0 fully saturated rings. The maximum Gasteiger partial charge on any atom is 0.216 e. The van der Waals surface area contributed by atoms with E-state index < -0.39 is 0 Å². The highest BCUT2D eigenvalue weighted by Gasteiger charge is 2.19. The first-order valence-electron chi connectivity index (χ1n) is 6.69. The number of hydrogen-bond acceptors (Lipinski definition) is 4. The van der Waals surface area contributed by atoms with Gasteiger partial charge in [0.05, 0.1) is 5.25 Å². The summed E-state index contributed by atoms with van der Waals surface area (Å²) in [6.07, 6.45) is 0. The van der Waals surface area contributed by atoms with Crippen LogP contribution in [0.2, 0.25) is 0 Å². The summed E-state index contributed by atoms with van der Waals surface area (Å²) in [4.78, 5) is 4.21. The Morgan fingerprint density at radius 2 is 1.76 bits per heavy atom. The van der Waals surface area contributed by atoms with Gasteiger partial charge in [0.2, 0.25) is 11.1 Å². The van der Waals surface area contributed by atoms with Gasteiger partial charge in [0.25, 0.3) is 0 Å². The highest BCUT2D eigenvalue weighted by atomic mass is 32.2. The zero-order chi connectivity index (χ0) is 14.7. The average molecular weight is 296 g/mol. The van der Waals surface area contributed by atoms with Crippen molar-refractivity contribution < 1.29 is 0 Å². The molecule has 1 heterocycles. The van der Waals surface area contributed by atoms with Crippen molar-refractivity contribution in [3.8, 4) is 0 Å². The van der Waals surface area contributed by atoms with Crippen molar-refractivity contribution in [2.45, 2.75) is 17.3 Å². The molecular weight excluding hydrogens is 280 g/mol. The summed E-state index contributed by atoms with van der Waals surface area (Å²) in [5.41, 5.74) is 9.35. The van der Waals surface area contributed by atoms with Crippen LogP contribution in [0.3, 0.4) is 0 Å². The number of aryl methyl sites for hydroxylation is 1. The fourth-order valence-electron chi connectivity index (χ4n) is 2.24. The van der Waals surface area contributed by atoms with Crippen molar-refractivity contribution in [2.75, 3.05) is 5.73 Å². The fraction of sp³-hybridized carbons (Fsp3) is 0.125. The van der Waals surface area contributed by atoms with Gasteiger partial charge < -0.3 is 5.73 Å². The molecule has 0 amide bonds. The molecule has 4 nitrogen and oxygen atoms in total. The lowest BCUT2D eigenvalue weighted by atomic mass is 10.0. The van der Waals surface area contributed by atoms with E-state index in [0.29, 0.717) is 11.1 Å². The number of nitrogens with two attached hydrogens (primary N) is 1. The monoisotopic (exact) mass is 296 g/mol. The predicted molar refractivity (Wildman–Crippen MR) is 86.1 cm³/mol. The van der Waals surface area contributed by atoms with Crippen LogP contribution in [0, 0.1) is 6.92 Å². The van der Waals surface area contributed by atoms with E-state index in [2.05, 4.69) is 58.5 Å². The number of anilines is 1. The normalized spacial score (nSPS) is 12.2. The topological polar surface area (TPSA) is 67.6 Å². The molecule has 3 rings (SSSR count). The molecule has 3 N–H and O–H groups in total. The Bertz CT molecular complexity index is 724. The summed E-state index contributed by atoms with van der Waals surface area (Å²) in [6.45, 7) is 2.12. The van der Waals surface area contributed by atoms with Gasteiger partial charge in [0, 0.05) is 0 Å². The maximum atomic E-state index is 5.62. The lowest BCUT2D eigenvalue weighted by molar-refractivity contribution is 0.964. The number of benzene rings is 2. The number of H-pyrrole nitrogens is 1. The molecule has 0 aliphatic heterocycles. The number of nitrogen functional groups attached to an aromatic ring is 1. The van der Waals surface area contributed by atoms with Crippen molar-refractivity contribution in [2.24, 2.45) is 0 Å². The van der Waals surface area contributed by atoms with Gasteiger partial charge in [-0.05, 0) is 23.6 Å². The molecule has 0 saturated heterocycles. The Balaban J connectivity index is 2.01. The summed E-state index contributed by atoms with van der Waals surface area (Å²) in [5.74, 6) is 0.342. The number of aromatic nitrogens is 3. The third-order valence-electron chi connectivity index (χ3n) is 3.28. The smallest absolute Gasteiger partial charge is 0.216 e. The van der Waals surface area contributed by atoms with Crippen molar-refractivity contribution >= 4 is 17.7 Å². The van der Waals surface area contributed by atoms with Gasteiger partial charge in [-0.25, -0.2) is 5.10 Å². The third kappa shape index (κ3) is 3.08. The fourth-order valence-corrected chi connectivity index (χ4v) is 3.38. The van der Waals surface area contributed by atoms with Crippen LogP contribution in [0.1, 0.15) is 21.9 Å². The van der Waals surface area contributed by atoms with Crippen molar-refractivity contribution in [3.05, 3.63) is 71.3 Å². The average Bonchev–Trinajstić information content (AvgIpc) is 2.92. The molecule has 2 aromatic carbocycles. The predicted octanol–water partition coefficient (Wildman–Crippen LogP) is 3.58. The maximum absolute atomic E-state index is 5.62. The molecule has 3 aromatic rings. The Hall–Kier alpha value is -2.27. The van der Waals surface area contributed by atoms with Crippen LogP contribution >= 0.6 is 11.8 Å². The number of nitrogens with one attached hydrogen (secondary N) is 1. The lowest BCUT2D eigenvalue weighted by Crippen LogP contribution is -2.00. The first-order valence-corrected chi connectivity index (χ1v) is 7.57. The first kappa shape index (κ1) is 13.7. The van der Waals surface area contributed by atoms with E-state index >= 15 is 0 Å². The summed E-state index contributed by atoms with van der Waals surface area (Å²) in [6, 6.07) is 18.8. The molecule has 0 aliphatic rings. The zero-order valence-corrected chi connectivity index (χ0v) is 12.5. The minimum Gasteiger partial charge on any atom is -0.368 e. The van der Waals surface area contributed by atoms with Gasteiger partial charge >= 0.3 is 0 Å². The van der Waals surface area contributed by atoms with Crippen LogP contribution in [-0.2, 0) is 0 Å². The number of nitrogens with zero attached hydrogens (tertiary/aromatic N) is 2. The number of hydrogen-bond donors (Lipinski definition) is 2. The highest BCUT2D eigenvalue weighted by Crippen LogP contribution is 2.40. The molecule has 0 radical (unpaired) electrons. The number of rotatable bonds is 4. The molecular formula is C16H16N4S. The van der Waals surface area contributed by atoms with Gasteiger partial charge in [0.15, 0.2) is 0 Å². The van der Waals surface area contributed by atoms with E-state index in [1.807, 2.05) is 18.2 Å². The van der Waals surface area contributed by atoms with Gasteiger partial charge in [0.1, 0.15) is 0 Å². The molecule has 0 bridgehead atoms. The van der Waals surface area contributed by atoms with Crippen molar-refractivity contribution in [1.82, 2.24) is 15.2 Å². The summed E-state index contributed by atoms with van der Waals surface area (Å²) >= 11 is 1.60. The molecule has 5 heteroatoms. The van der Waals surface area contributed by atoms with Crippen molar-refractivity contribution in [1.29, 1.82) is 0 Å². The SMILES string of the molecule is Cc1ccccc1C(Sc1n[nH]c(N)n1)c1ccccc1. The minimum absolute atomic E-state index is 0.141. The molecule has 0 spiro atoms. The van der Waals surface area contributed by atoms with Gasteiger partial charge in [-0.1, -0.05) is 66.4 Å². The summed E-state index contributed by atoms with van der Waals surface area (Å²) in [5, 5.41) is 7.62. The molecule has 1 atom stereocenters.